The van der Waals surface area contributed by atoms with E-state index in [-0.39, 0.29) is 5.78 Å². The van der Waals surface area contributed by atoms with Crippen molar-refractivity contribution < 1.29 is 4.79 Å². The summed E-state index contributed by atoms with van der Waals surface area (Å²) in [4.78, 5) is 12.7. The molecule has 3 aromatic rings. The summed E-state index contributed by atoms with van der Waals surface area (Å²) >= 11 is 0. The largest absolute Gasteiger partial charge is 0.350 e. The molecule has 21 heavy (non-hydrogen) atoms. The molecule has 0 atom stereocenters. The van der Waals surface area contributed by atoms with Gasteiger partial charge in [-0.2, -0.15) is 0 Å². The van der Waals surface area contributed by atoms with Gasteiger partial charge in [0, 0.05) is 36.1 Å². The smallest absolute Gasteiger partial charge is 0.169 e. The van der Waals surface area contributed by atoms with E-state index in [0.717, 1.165) is 22.0 Å². The fourth-order valence-corrected chi connectivity index (χ4v) is 2.79. The average Bonchev–Trinajstić information content (AvgIpc) is 2.78. The van der Waals surface area contributed by atoms with Crippen LogP contribution in [0.3, 0.4) is 0 Å². The Bertz CT molecular complexity index is 827. The van der Waals surface area contributed by atoms with E-state index >= 15 is 0 Å². The van der Waals surface area contributed by atoms with E-state index in [1.807, 2.05) is 36.0 Å². The number of aryl methyl sites for hydroxylation is 3. The van der Waals surface area contributed by atoms with Crippen molar-refractivity contribution in [3.8, 4) is 0 Å². The summed E-state index contributed by atoms with van der Waals surface area (Å²) < 4.78 is 2.04. The van der Waals surface area contributed by atoms with Crippen LogP contribution in [-0.2, 0) is 13.5 Å². The first kappa shape index (κ1) is 13.6. The van der Waals surface area contributed by atoms with Crippen molar-refractivity contribution in [2.45, 2.75) is 20.3 Å². The van der Waals surface area contributed by atoms with Crippen LogP contribution in [0.4, 0.5) is 0 Å². The zero-order valence-corrected chi connectivity index (χ0v) is 12.7. The maximum absolute atomic E-state index is 12.7. The summed E-state index contributed by atoms with van der Waals surface area (Å²) in [5.74, 6) is 0.179. The molecule has 106 valence electrons. The summed E-state index contributed by atoms with van der Waals surface area (Å²) in [6.45, 7) is 4.12. The fourth-order valence-electron chi connectivity index (χ4n) is 2.79. The highest BCUT2D eigenvalue weighted by molar-refractivity contribution is 6.09. The molecular weight excluding hydrogens is 258 g/mol. The molecule has 0 spiro atoms. The predicted molar refractivity (Wildman–Crippen MR) is 86.9 cm³/mol. The highest BCUT2D eigenvalue weighted by Crippen LogP contribution is 2.23. The molecule has 0 unspecified atom stereocenters. The van der Waals surface area contributed by atoms with E-state index in [4.69, 9.17) is 0 Å². The van der Waals surface area contributed by atoms with Gasteiger partial charge >= 0.3 is 0 Å². The molecule has 0 N–H and O–H groups in total. The number of carbonyl (C=O) groups is 1. The third kappa shape index (κ3) is 2.49. The molecule has 2 heteroatoms. The number of carbonyl (C=O) groups excluding carboxylic acids is 1. The first-order valence-corrected chi connectivity index (χ1v) is 7.19. The van der Waals surface area contributed by atoms with Gasteiger partial charge in [0.25, 0.3) is 0 Å². The third-order valence-corrected chi connectivity index (χ3v) is 4.06. The molecule has 1 heterocycles. The molecule has 0 radical (unpaired) electrons. The quantitative estimate of drug-likeness (QED) is 0.657. The van der Waals surface area contributed by atoms with Gasteiger partial charge in [-0.3, -0.25) is 4.79 Å². The summed E-state index contributed by atoms with van der Waals surface area (Å²) in [6.07, 6.45) is 2.41. The van der Waals surface area contributed by atoms with Gasteiger partial charge < -0.3 is 4.57 Å². The van der Waals surface area contributed by atoms with Crippen LogP contribution in [0, 0.1) is 13.8 Å². The number of hydrogen-bond acceptors (Lipinski definition) is 1. The second kappa shape index (κ2) is 5.21. The van der Waals surface area contributed by atoms with E-state index in [0.29, 0.717) is 6.42 Å². The van der Waals surface area contributed by atoms with Crippen LogP contribution in [0.2, 0.25) is 0 Å². The number of rotatable bonds is 3. The number of aromatic nitrogens is 1. The molecule has 3 rings (SSSR count). The van der Waals surface area contributed by atoms with Gasteiger partial charge in [-0.1, -0.05) is 36.4 Å². The molecule has 1 aromatic heterocycles. The number of hydrogen-bond donors (Lipinski definition) is 0. The molecule has 0 fully saturated rings. The molecule has 0 bridgehead atoms. The third-order valence-electron chi connectivity index (χ3n) is 4.06. The van der Waals surface area contributed by atoms with Gasteiger partial charge in [0.2, 0.25) is 0 Å². The van der Waals surface area contributed by atoms with Gasteiger partial charge in [0.15, 0.2) is 5.78 Å². The fraction of sp³-hybridized carbons (Fsp3) is 0.211. The van der Waals surface area contributed by atoms with Crippen molar-refractivity contribution >= 4 is 16.7 Å². The summed E-state index contributed by atoms with van der Waals surface area (Å²) in [7, 11) is 1.99. The molecule has 0 amide bonds. The van der Waals surface area contributed by atoms with Crippen LogP contribution in [0.25, 0.3) is 10.9 Å². The minimum absolute atomic E-state index is 0.179. The molecular formula is C19H19NO. The van der Waals surface area contributed by atoms with Crippen molar-refractivity contribution in [3.05, 3.63) is 70.9 Å². The molecule has 0 saturated heterocycles. The Morgan fingerprint density at radius 2 is 1.86 bits per heavy atom. The number of Topliss-reactive ketones (excluding diaryl/α,β-unsaturated/α-hetero) is 1. The molecule has 0 aliphatic rings. The van der Waals surface area contributed by atoms with Crippen LogP contribution in [0.1, 0.15) is 27.0 Å². The van der Waals surface area contributed by atoms with Crippen LogP contribution in [0.5, 0.6) is 0 Å². The standard InChI is InChI=1S/C19H19NO/c1-13-8-9-16-17(12-20(3)18(16)10-13)19(21)11-15-7-5-4-6-14(15)2/h4-10,12H,11H2,1-3H3. The summed E-state index contributed by atoms with van der Waals surface area (Å²) in [5.41, 5.74) is 5.41. The van der Waals surface area contributed by atoms with Crippen LogP contribution in [0.15, 0.2) is 48.7 Å². The van der Waals surface area contributed by atoms with Gasteiger partial charge in [-0.15, -0.1) is 0 Å². The van der Waals surface area contributed by atoms with Gasteiger partial charge in [-0.05, 0) is 36.6 Å². The average molecular weight is 277 g/mol. The highest BCUT2D eigenvalue weighted by atomic mass is 16.1. The van der Waals surface area contributed by atoms with Gasteiger partial charge in [-0.25, -0.2) is 0 Å². The first-order valence-electron chi connectivity index (χ1n) is 7.19. The van der Waals surface area contributed by atoms with E-state index in [2.05, 4.69) is 38.1 Å². The normalized spacial score (nSPS) is 11.0. The SMILES string of the molecule is Cc1ccc2c(C(=O)Cc3ccccc3C)cn(C)c2c1. The Balaban J connectivity index is 2.01. The monoisotopic (exact) mass is 277 g/mol. The second-order valence-electron chi connectivity index (χ2n) is 5.70. The lowest BCUT2D eigenvalue weighted by molar-refractivity contribution is 0.0994. The Labute approximate surface area is 125 Å². The minimum Gasteiger partial charge on any atom is -0.350 e. The van der Waals surface area contributed by atoms with Crippen molar-refractivity contribution in [1.29, 1.82) is 0 Å². The van der Waals surface area contributed by atoms with E-state index in [9.17, 15) is 4.79 Å². The van der Waals surface area contributed by atoms with E-state index in [1.54, 1.807) is 0 Å². The van der Waals surface area contributed by atoms with E-state index in [1.165, 1.54) is 11.1 Å². The Morgan fingerprint density at radius 1 is 1.10 bits per heavy atom. The summed E-state index contributed by atoms with van der Waals surface area (Å²) in [5, 5.41) is 1.04. The highest BCUT2D eigenvalue weighted by Gasteiger charge is 2.15. The number of nitrogens with zero attached hydrogens (tertiary/aromatic N) is 1. The van der Waals surface area contributed by atoms with Crippen molar-refractivity contribution in [3.63, 3.8) is 0 Å². The molecule has 2 nitrogen and oxygen atoms in total. The number of ketones is 1. The topological polar surface area (TPSA) is 22.0 Å². The van der Waals surface area contributed by atoms with Crippen molar-refractivity contribution in [2.24, 2.45) is 7.05 Å². The van der Waals surface area contributed by atoms with Crippen molar-refractivity contribution in [1.82, 2.24) is 4.57 Å². The Morgan fingerprint density at radius 3 is 2.62 bits per heavy atom. The van der Waals surface area contributed by atoms with Crippen molar-refractivity contribution in [2.75, 3.05) is 0 Å². The zero-order valence-electron chi connectivity index (χ0n) is 12.7. The maximum atomic E-state index is 12.7. The number of benzene rings is 2. The van der Waals surface area contributed by atoms with Crippen LogP contribution < -0.4 is 0 Å². The van der Waals surface area contributed by atoms with E-state index < -0.39 is 0 Å². The van der Waals surface area contributed by atoms with Gasteiger partial charge in [0.1, 0.15) is 0 Å². The molecule has 0 saturated carbocycles. The maximum Gasteiger partial charge on any atom is 0.169 e. The predicted octanol–water partition coefficient (Wildman–Crippen LogP) is 4.22. The first-order chi connectivity index (χ1) is 10.1. The molecule has 2 aromatic carbocycles. The molecule has 0 aliphatic heterocycles. The lowest BCUT2D eigenvalue weighted by atomic mass is 9.99. The lowest BCUT2D eigenvalue weighted by Gasteiger charge is -2.04. The van der Waals surface area contributed by atoms with Gasteiger partial charge in [0.05, 0.1) is 0 Å². The summed E-state index contributed by atoms with van der Waals surface area (Å²) in [6, 6.07) is 14.3. The van der Waals surface area contributed by atoms with Crippen LogP contribution >= 0.6 is 0 Å². The molecule has 0 aliphatic carbocycles. The Hall–Kier alpha value is -2.35. The lowest BCUT2D eigenvalue weighted by Crippen LogP contribution is -2.04. The van der Waals surface area contributed by atoms with Crippen LogP contribution in [-0.4, -0.2) is 10.4 Å². The Kier molecular flexibility index (Phi) is 3.38. The zero-order chi connectivity index (χ0) is 15.0. The minimum atomic E-state index is 0.179. The second-order valence-corrected chi connectivity index (χ2v) is 5.70. The number of fused-ring (bicyclic) bond motifs is 1.